The van der Waals surface area contributed by atoms with E-state index in [2.05, 4.69) is 25.3 Å². The first-order valence-electron chi connectivity index (χ1n) is 11.5. The number of ether oxygens (including phenoxy) is 1. The molecule has 1 heterocycles. The van der Waals surface area contributed by atoms with E-state index < -0.39 is 10.0 Å². The minimum atomic E-state index is -3.71. The standard InChI is InChI=1S/C25H31N5O3S/c1-17-15-22(13-14-23(17)33-3)34(31,32)30-21-11-9-20(10-12-21)27-24-16-18(2)26-25(29-24)28-19-7-5-4-6-8-19/h9-16,19,30H,4-8H2,1-3H3,(H2,26,27,28,29). The van der Waals surface area contributed by atoms with Crippen LogP contribution >= 0.6 is 0 Å². The van der Waals surface area contributed by atoms with Gasteiger partial charge in [-0.1, -0.05) is 19.3 Å². The summed E-state index contributed by atoms with van der Waals surface area (Å²) in [6.07, 6.45) is 6.07. The van der Waals surface area contributed by atoms with E-state index in [9.17, 15) is 8.42 Å². The van der Waals surface area contributed by atoms with Crippen LogP contribution in [0.5, 0.6) is 5.75 Å². The van der Waals surface area contributed by atoms with Gasteiger partial charge in [0.2, 0.25) is 5.95 Å². The smallest absolute Gasteiger partial charge is 0.261 e. The Morgan fingerprint density at radius 2 is 1.62 bits per heavy atom. The third kappa shape index (κ3) is 5.96. The minimum Gasteiger partial charge on any atom is -0.496 e. The Bertz CT molecular complexity index is 1240. The highest BCUT2D eigenvalue weighted by Crippen LogP contribution is 2.25. The van der Waals surface area contributed by atoms with Crippen molar-refractivity contribution in [2.24, 2.45) is 0 Å². The number of aryl methyl sites for hydroxylation is 2. The summed E-state index contributed by atoms with van der Waals surface area (Å²) in [4.78, 5) is 9.32. The van der Waals surface area contributed by atoms with Crippen molar-refractivity contribution in [2.45, 2.75) is 56.9 Å². The van der Waals surface area contributed by atoms with Crippen molar-refractivity contribution in [1.29, 1.82) is 0 Å². The number of methoxy groups -OCH3 is 1. The molecule has 0 aliphatic heterocycles. The highest BCUT2D eigenvalue weighted by Gasteiger charge is 2.16. The van der Waals surface area contributed by atoms with Gasteiger partial charge in [-0.2, -0.15) is 4.98 Å². The topological polar surface area (TPSA) is 105 Å². The average molecular weight is 482 g/mol. The van der Waals surface area contributed by atoms with Gasteiger partial charge in [0, 0.05) is 29.2 Å². The number of aromatic nitrogens is 2. The SMILES string of the molecule is COc1ccc(S(=O)(=O)Nc2ccc(Nc3cc(C)nc(NC4CCCCC4)n3)cc2)cc1C. The molecule has 0 bridgehead atoms. The van der Waals surface area contributed by atoms with Crippen LogP contribution in [0, 0.1) is 13.8 Å². The molecule has 1 aromatic heterocycles. The van der Waals surface area contributed by atoms with Gasteiger partial charge in [-0.3, -0.25) is 4.72 Å². The first kappa shape index (κ1) is 23.8. The number of nitrogens with zero attached hydrogens (tertiary/aromatic N) is 2. The fourth-order valence-electron chi connectivity index (χ4n) is 4.13. The van der Waals surface area contributed by atoms with Crippen LogP contribution in [0.3, 0.4) is 0 Å². The molecule has 3 N–H and O–H groups in total. The second-order valence-corrected chi connectivity index (χ2v) is 10.3. The van der Waals surface area contributed by atoms with Gasteiger partial charge >= 0.3 is 0 Å². The van der Waals surface area contributed by atoms with E-state index >= 15 is 0 Å². The Labute approximate surface area is 201 Å². The lowest BCUT2D eigenvalue weighted by Crippen LogP contribution is -2.23. The van der Waals surface area contributed by atoms with E-state index in [1.165, 1.54) is 25.3 Å². The minimum absolute atomic E-state index is 0.183. The van der Waals surface area contributed by atoms with Crippen molar-refractivity contribution in [3.8, 4) is 5.75 Å². The molecule has 180 valence electrons. The summed E-state index contributed by atoms with van der Waals surface area (Å²) >= 11 is 0. The third-order valence-electron chi connectivity index (χ3n) is 5.88. The molecule has 0 atom stereocenters. The first-order valence-corrected chi connectivity index (χ1v) is 13.0. The summed E-state index contributed by atoms with van der Waals surface area (Å²) in [5, 5.41) is 6.74. The molecular weight excluding hydrogens is 450 g/mol. The largest absolute Gasteiger partial charge is 0.496 e. The molecule has 4 rings (SSSR count). The number of benzene rings is 2. The zero-order valence-corrected chi connectivity index (χ0v) is 20.6. The van der Waals surface area contributed by atoms with Crippen molar-refractivity contribution in [3.05, 3.63) is 59.8 Å². The number of hydrogen-bond acceptors (Lipinski definition) is 7. The van der Waals surface area contributed by atoms with Crippen LogP contribution in [-0.4, -0.2) is 31.5 Å². The Hall–Kier alpha value is -3.33. The lowest BCUT2D eigenvalue weighted by atomic mass is 9.96. The number of rotatable bonds is 8. The van der Waals surface area contributed by atoms with Gasteiger partial charge in [0.05, 0.1) is 12.0 Å². The molecule has 1 aliphatic carbocycles. The zero-order chi connectivity index (χ0) is 24.1. The van der Waals surface area contributed by atoms with Gasteiger partial charge in [0.25, 0.3) is 10.0 Å². The monoisotopic (exact) mass is 481 g/mol. The fourth-order valence-corrected chi connectivity index (χ4v) is 5.27. The highest BCUT2D eigenvalue weighted by atomic mass is 32.2. The third-order valence-corrected chi connectivity index (χ3v) is 7.26. The van der Waals surface area contributed by atoms with Gasteiger partial charge in [-0.15, -0.1) is 0 Å². The maximum absolute atomic E-state index is 12.8. The normalized spacial score (nSPS) is 14.4. The van der Waals surface area contributed by atoms with Crippen LogP contribution in [0.15, 0.2) is 53.4 Å². The van der Waals surface area contributed by atoms with E-state index in [1.807, 2.05) is 32.0 Å². The predicted octanol–water partition coefficient (Wildman–Crippen LogP) is 5.39. The molecule has 9 heteroatoms. The van der Waals surface area contributed by atoms with Gasteiger partial charge in [0.15, 0.2) is 0 Å². The maximum atomic E-state index is 12.8. The molecule has 1 fully saturated rings. The van der Waals surface area contributed by atoms with Crippen LogP contribution < -0.4 is 20.1 Å². The number of anilines is 4. The fraction of sp³-hybridized carbons (Fsp3) is 0.360. The lowest BCUT2D eigenvalue weighted by Gasteiger charge is -2.23. The van der Waals surface area contributed by atoms with Gasteiger partial charge in [0.1, 0.15) is 11.6 Å². The van der Waals surface area contributed by atoms with E-state index in [1.54, 1.807) is 31.4 Å². The van der Waals surface area contributed by atoms with E-state index in [4.69, 9.17) is 4.74 Å². The van der Waals surface area contributed by atoms with Crippen LogP contribution in [0.25, 0.3) is 0 Å². The Kier molecular flexibility index (Phi) is 7.21. The van der Waals surface area contributed by atoms with Gasteiger partial charge < -0.3 is 15.4 Å². The van der Waals surface area contributed by atoms with E-state index in [0.717, 1.165) is 29.8 Å². The second-order valence-electron chi connectivity index (χ2n) is 8.64. The van der Waals surface area contributed by atoms with Crippen molar-refractivity contribution >= 4 is 33.2 Å². The Balaban J connectivity index is 1.43. The summed E-state index contributed by atoms with van der Waals surface area (Å²) < 4.78 is 33.4. The van der Waals surface area contributed by atoms with Gasteiger partial charge in [-0.05, 0) is 74.7 Å². The summed E-state index contributed by atoms with van der Waals surface area (Å²) in [6, 6.07) is 14.1. The lowest BCUT2D eigenvalue weighted by molar-refractivity contribution is 0.411. The van der Waals surface area contributed by atoms with Crippen LogP contribution in [0.2, 0.25) is 0 Å². The quantitative estimate of drug-likeness (QED) is 0.396. The molecule has 8 nitrogen and oxygen atoms in total. The molecular formula is C25H31N5O3S. The Morgan fingerprint density at radius 1 is 0.912 bits per heavy atom. The number of nitrogens with one attached hydrogen (secondary N) is 3. The van der Waals surface area contributed by atoms with Crippen molar-refractivity contribution in [3.63, 3.8) is 0 Å². The second kappa shape index (κ2) is 10.3. The zero-order valence-electron chi connectivity index (χ0n) is 19.8. The molecule has 0 radical (unpaired) electrons. The van der Waals surface area contributed by atoms with Gasteiger partial charge in [-0.25, -0.2) is 13.4 Å². The highest BCUT2D eigenvalue weighted by molar-refractivity contribution is 7.92. The molecule has 1 aliphatic rings. The molecule has 0 unspecified atom stereocenters. The molecule has 1 saturated carbocycles. The van der Waals surface area contributed by atoms with Crippen molar-refractivity contribution < 1.29 is 13.2 Å². The van der Waals surface area contributed by atoms with E-state index in [-0.39, 0.29) is 4.90 Å². The molecule has 0 spiro atoms. The number of hydrogen-bond donors (Lipinski definition) is 3. The average Bonchev–Trinajstić information content (AvgIpc) is 2.80. The molecule has 34 heavy (non-hydrogen) atoms. The Morgan fingerprint density at radius 3 is 2.29 bits per heavy atom. The maximum Gasteiger partial charge on any atom is 0.261 e. The molecule has 3 aromatic rings. The summed E-state index contributed by atoms with van der Waals surface area (Å²) in [7, 11) is -2.16. The molecule has 0 amide bonds. The van der Waals surface area contributed by atoms with Crippen LogP contribution in [0.4, 0.5) is 23.1 Å². The molecule has 0 saturated heterocycles. The van der Waals surface area contributed by atoms with Crippen LogP contribution in [-0.2, 0) is 10.0 Å². The summed E-state index contributed by atoms with van der Waals surface area (Å²) in [6.45, 7) is 3.75. The first-order chi connectivity index (χ1) is 16.3. The number of sulfonamides is 1. The van der Waals surface area contributed by atoms with Crippen molar-refractivity contribution in [2.75, 3.05) is 22.5 Å². The summed E-state index contributed by atoms with van der Waals surface area (Å²) in [5.41, 5.74) is 2.89. The summed E-state index contributed by atoms with van der Waals surface area (Å²) in [5.74, 6) is 1.97. The van der Waals surface area contributed by atoms with Crippen LogP contribution in [0.1, 0.15) is 43.4 Å². The van der Waals surface area contributed by atoms with Crippen molar-refractivity contribution in [1.82, 2.24) is 9.97 Å². The molecule has 2 aromatic carbocycles. The van der Waals surface area contributed by atoms with E-state index in [0.29, 0.717) is 29.2 Å². The predicted molar refractivity (Wildman–Crippen MR) is 136 cm³/mol.